The van der Waals surface area contributed by atoms with Gasteiger partial charge in [-0.3, -0.25) is 4.79 Å². The van der Waals surface area contributed by atoms with Crippen molar-refractivity contribution in [2.75, 3.05) is 0 Å². The lowest BCUT2D eigenvalue weighted by molar-refractivity contribution is -0.112. The smallest absolute Gasteiger partial charge is 0.221 e. The minimum Gasteiger partial charge on any atom is -0.281 e. The van der Waals surface area contributed by atoms with Crippen molar-refractivity contribution in [2.24, 2.45) is 17.8 Å². The van der Waals surface area contributed by atoms with Crippen molar-refractivity contribution in [2.45, 2.75) is 32.1 Å². The highest BCUT2D eigenvalue weighted by molar-refractivity contribution is 6.63. The van der Waals surface area contributed by atoms with E-state index in [1.807, 2.05) is 0 Å². The Balaban J connectivity index is 1.92. The fourth-order valence-electron chi connectivity index (χ4n) is 2.83. The summed E-state index contributed by atoms with van der Waals surface area (Å²) in [6.07, 6.45) is 6.01. The van der Waals surface area contributed by atoms with Gasteiger partial charge in [-0.15, -0.1) is 0 Å². The first-order chi connectivity index (χ1) is 5.25. The summed E-state index contributed by atoms with van der Waals surface area (Å²) in [7, 11) is 0. The van der Waals surface area contributed by atoms with Crippen molar-refractivity contribution >= 4 is 16.8 Å². The monoisotopic (exact) mass is 172 g/mol. The summed E-state index contributed by atoms with van der Waals surface area (Å²) in [5, 5.41) is -0.137. The van der Waals surface area contributed by atoms with Crippen molar-refractivity contribution in [3.63, 3.8) is 0 Å². The lowest BCUT2D eigenvalue weighted by Gasteiger charge is -2.19. The van der Waals surface area contributed by atoms with Crippen molar-refractivity contribution in [1.29, 1.82) is 0 Å². The number of carbonyl (C=O) groups excluding carboxylic acids is 1. The second kappa shape index (κ2) is 2.78. The van der Waals surface area contributed by atoms with Crippen LogP contribution in [0.4, 0.5) is 0 Å². The lowest BCUT2D eigenvalue weighted by atomic mass is 9.87. The third kappa shape index (κ3) is 1.44. The molecule has 0 spiro atoms. The molecule has 0 saturated heterocycles. The summed E-state index contributed by atoms with van der Waals surface area (Å²) in [6, 6.07) is 0. The van der Waals surface area contributed by atoms with Crippen LogP contribution in [0.5, 0.6) is 0 Å². The van der Waals surface area contributed by atoms with Gasteiger partial charge in [0.25, 0.3) is 0 Å². The summed E-state index contributed by atoms with van der Waals surface area (Å²) >= 11 is 5.36. The van der Waals surface area contributed by atoms with E-state index in [0.717, 1.165) is 11.8 Å². The zero-order valence-electron chi connectivity index (χ0n) is 6.55. The van der Waals surface area contributed by atoms with Gasteiger partial charge in [0.15, 0.2) is 0 Å². The molecule has 2 rings (SSSR count). The van der Waals surface area contributed by atoms with Crippen molar-refractivity contribution in [1.82, 2.24) is 0 Å². The molecule has 2 aliphatic carbocycles. The van der Waals surface area contributed by atoms with Gasteiger partial charge in [-0.05, 0) is 48.6 Å². The topological polar surface area (TPSA) is 17.1 Å². The van der Waals surface area contributed by atoms with E-state index in [1.165, 1.54) is 25.7 Å². The number of hydrogen-bond donors (Lipinski definition) is 0. The Labute approximate surface area is 72.1 Å². The molecule has 2 fully saturated rings. The minimum absolute atomic E-state index is 0.137. The standard InChI is InChI=1S/C9H13ClO/c10-9(11)5-8-4-6-1-2-7(8)3-6/h6-8H,1-5H2/t6-,7-,8+/m0/s1. The molecule has 0 radical (unpaired) electrons. The SMILES string of the molecule is O=C(Cl)C[C@H]1C[C@H]2CC[C@H]1C2. The van der Waals surface area contributed by atoms with E-state index in [4.69, 9.17) is 11.6 Å². The Kier molecular flexibility index (Phi) is 1.92. The molecule has 0 aromatic heterocycles. The van der Waals surface area contributed by atoms with Crippen LogP contribution in [-0.4, -0.2) is 5.24 Å². The first-order valence-corrected chi connectivity index (χ1v) is 4.82. The van der Waals surface area contributed by atoms with E-state index >= 15 is 0 Å². The third-order valence-corrected chi connectivity index (χ3v) is 3.46. The van der Waals surface area contributed by atoms with Gasteiger partial charge in [0.2, 0.25) is 5.24 Å². The van der Waals surface area contributed by atoms with Crippen LogP contribution in [0.15, 0.2) is 0 Å². The van der Waals surface area contributed by atoms with E-state index in [9.17, 15) is 4.79 Å². The second-order valence-corrected chi connectivity index (χ2v) is 4.42. The summed E-state index contributed by atoms with van der Waals surface area (Å²) in [5.41, 5.74) is 0. The molecule has 0 amide bonds. The number of halogens is 1. The molecule has 2 saturated carbocycles. The molecule has 2 aliphatic rings. The maximum absolute atomic E-state index is 10.6. The zero-order chi connectivity index (χ0) is 7.84. The molecule has 0 heterocycles. The number of rotatable bonds is 2. The molecular weight excluding hydrogens is 160 g/mol. The van der Waals surface area contributed by atoms with Gasteiger partial charge >= 0.3 is 0 Å². The Morgan fingerprint density at radius 3 is 2.64 bits per heavy atom. The van der Waals surface area contributed by atoms with E-state index < -0.39 is 0 Å². The van der Waals surface area contributed by atoms with E-state index in [2.05, 4.69) is 0 Å². The van der Waals surface area contributed by atoms with Crippen LogP contribution in [-0.2, 0) is 4.79 Å². The number of fused-ring (bicyclic) bond motifs is 2. The maximum Gasteiger partial charge on any atom is 0.221 e. The average Bonchev–Trinajstić information content (AvgIpc) is 2.45. The fourth-order valence-corrected chi connectivity index (χ4v) is 3.03. The highest BCUT2D eigenvalue weighted by Gasteiger charge is 2.39. The molecule has 11 heavy (non-hydrogen) atoms. The Morgan fingerprint density at radius 2 is 2.18 bits per heavy atom. The van der Waals surface area contributed by atoms with Gasteiger partial charge in [-0.25, -0.2) is 0 Å². The Hall–Kier alpha value is -0.0400. The predicted molar refractivity (Wildman–Crippen MR) is 44.4 cm³/mol. The van der Waals surface area contributed by atoms with Gasteiger partial charge in [0.05, 0.1) is 0 Å². The van der Waals surface area contributed by atoms with Crippen LogP contribution in [0, 0.1) is 17.8 Å². The summed E-state index contributed by atoms with van der Waals surface area (Å²) in [5.74, 6) is 2.41. The van der Waals surface area contributed by atoms with Crippen molar-refractivity contribution < 1.29 is 4.79 Å². The molecule has 2 heteroatoms. The molecule has 0 aliphatic heterocycles. The van der Waals surface area contributed by atoms with Gasteiger partial charge in [-0.1, -0.05) is 6.42 Å². The van der Waals surface area contributed by atoms with Gasteiger partial charge in [0.1, 0.15) is 0 Å². The molecule has 3 atom stereocenters. The van der Waals surface area contributed by atoms with Crippen LogP contribution in [0.2, 0.25) is 0 Å². The van der Waals surface area contributed by atoms with E-state index in [0.29, 0.717) is 12.3 Å². The molecule has 0 aromatic rings. The average molecular weight is 173 g/mol. The van der Waals surface area contributed by atoms with Crippen LogP contribution in [0.1, 0.15) is 32.1 Å². The van der Waals surface area contributed by atoms with Crippen LogP contribution in [0.25, 0.3) is 0 Å². The molecule has 0 unspecified atom stereocenters. The van der Waals surface area contributed by atoms with Crippen LogP contribution >= 0.6 is 11.6 Å². The number of hydrogen-bond acceptors (Lipinski definition) is 1. The van der Waals surface area contributed by atoms with Gasteiger partial charge in [-0.2, -0.15) is 0 Å². The van der Waals surface area contributed by atoms with Crippen molar-refractivity contribution in [3.8, 4) is 0 Å². The van der Waals surface area contributed by atoms with Crippen molar-refractivity contribution in [3.05, 3.63) is 0 Å². The Bertz CT molecular complexity index is 178. The largest absolute Gasteiger partial charge is 0.281 e. The molecule has 0 N–H and O–H groups in total. The summed E-state index contributed by atoms with van der Waals surface area (Å²) in [6.45, 7) is 0. The first-order valence-electron chi connectivity index (χ1n) is 4.44. The van der Waals surface area contributed by atoms with Gasteiger partial charge in [0, 0.05) is 6.42 Å². The zero-order valence-corrected chi connectivity index (χ0v) is 7.31. The normalized spacial score (nSPS) is 41.4. The second-order valence-electron chi connectivity index (χ2n) is 3.99. The third-order valence-electron chi connectivity index (χ3n) is 3.31. The van der Waals surface area contributed by atoms with Crippen LogP contribution in [0.3, 0.4) is 0 Å². The highest BCUT2D eigenvalue weighted by Crippen LogP contribution is 2.49. The lowest BCUT2D eigenvalue weighted by Crippen LogP contribution is -2.12. The molecule has 1 nitrogen and oxygen atoms in total. The molecule has 2 bridgehead atoms. The van der Waals surface area contributed by atoms with E-state index in [1.54, 1.807) is 0 Å². The number of carbonyl (C=O) groups is 1. The van der Waals surface area contributed by atoms with E-state index in [-0.39, 0.29) is 5.24 Å². The van der Waals surface area contributed by atoms with Gasteiger partial charge < -0.3 is 0 Å². The van der Waals surface area contributed by atoms with Crippen LogP contribution < -0.4 is 0 Å². The predicted octanol–water partition coefficient (Wildman–Crippen LogP) is 2.58. The summed E-state index contributed by atoms with van der Waals surface area (Å²) in [4.78, 5) is 10.6. The highest BCUT2D eigenvalue weighted by atomic mass is 35.5. The fraction of sp³-hybridized carbons (Fsp3) is 0.889. The molecule has 0 aromatic carbocycles. The quantitative estimate of drug-likeness (QED) is 0.586. The maximum atomic E-state index is 10.6. The first kappa shape index (κ1) is 7.60. The Morgan fingerprint density at radius 1 is 1.36 bits per heavy atom. The molecule has 62 valence electrons. The minimum atomic E-state index is -0.137. The summed E-state index contributed by atoms with van der Waals surface area (Å²) < 4.78 is 0. The molecular formula is C9H13ClO.